The molecule has 1 unspecified atom stereocenters. The van der Waals surface area contributed by atoms with E-state index in [1.807, 2.05) is 24.3 Å². The summed E-state index contributed by atoms with van der Waals surface area (Å²) in [5.74, 6) is 0. The smallest absolute Gasteiger partial charge is 0.333 e. The van der Waals surface area contributed by atoms with Crippen molar-refractivity contribution >= 4 is 32.9 Å². The number of ether oxygens (including phenoxy) is 2. The summed E-state index contributed by atoms with van der Waals surface area (Å²) in [5, 5.41) is 4.81. The van der Waals surface area contributed by atoms with Crippen LogP contribution in [0.2, 0.25) is 0 Å². The van der Waals surface area contributed by atoms with E-state index in [1.54, 1.807) is 6.92 Å². The zero-order valence-corrected chi connectivity index (χ0v) is 13.1. The Morgan fingerprint density at radius 3 is 2.68 bits per heavy atom. The molecule has 106 valence electrons. The lowest BCUT2D eigenvalue weighted by molar-refractivity contribution is -0.0550. The molecule has 3 atom stereocenters. The molecule has 1 aliphatic heterocycles. The molecular formula is C11H14INO5S. The molecule has 0 radical (unpaired) electrons. The minimum absolute atomic E-state index is 0.168. The highest BCUT2D eigenvalue weighted by Gasteiger charge is 2.36. The van der Waals surface area contributed by atoms with E-state index in [-0.39, 0.29) is 12.7 Å². The summed E-state index contributed by atoms with van der Waals surface area (Å²) >= 11 is 2.19. The molecule has 2 rings (SSSR count). The van der Waals surface area contributed by atoms with Crippen LogP contribution >= 0.6 is 22.6 Å². The van der Waals surface area contributed by atoms with Crippen LogP contribution in [-0.2, 0) is 24.0 Å². The van der Waals surface area contributed by atoms with Gasteiger partial charge in [-0.15, -0.1) is 0 Å². The van der Waals surface area contributed by atoms with Gasteiger partial charge in [0, 0.05) is 3.57 Å². The summed E-state index contributed by atoms with van der Waals surface area (Å²) < 4.78 is 38.5. The van der Waals surface area contributed by atoms with E-state index < -0.39 is 22.7 Å². The molecule has 8 heteroatoms. The molecule has 6 nitrogen and oxygen atoms in total. The lowest BCUT2D eigenvalue weighted by Gasteiger charge is -2.17. The van der Waals surface area contributed by atoms with Crippen LogP contribution in [0.1, 0.15) is 18.6 Å². The van der Waals surface area contributed by atoms with E-state index in [4.69, 9.17) is 14.6 Å². The second kappa shape index (κ2) is 6.02. The fourth-order valence-electron chi connectivity index (χ4n) is 1.91. The zero-order chi connectivity index (χ0) is 14.0. The van der Waals surface area contributed by atoms with Crippen molar-refractivity contribution in [2.24, 2.45) is 5.14 Å². The van der Waals surface area contributed by atoms with Gasteiger partial charge in [0.05, 0.1) is 6.61 Å². The van der Waals surface area contributed by atoms with Crippen LogP contribution in [0.15, 0.2) is 24.3 Å². The van der Waals surface area contributed by atoms with Gasteiger partial charge >= 0.3 is 10.3 Å². The SMILES string of the molecule is CC1O[C@@H](COS(N)(=O)=O)[C@H](c2ccccc2I)O1. The molecule has 0 bridgehead atoms. The van der Waals surface area contributed by atoms with Gasteiger partial charge in [-0.25, -0.2) is 5.14 Å². The lowest BCUT2D eigenvalue weighted by atomic mass is 10.1. The van der Waals surface area contributed by atoms with Crippen LogP contribution in [0.25, 0.3) is 0 Å². The fraction of sp³-hybridized carbons (Fsp3) is 0.455. The van der Waals surface area contributed by atoms with Crippen LogP contribution in [0.3, 0.4) is 0 Å². The van der Waals surface area contributed by atoms with Gasteiger partial charge in [-0.2, -0.15) is 8.42 Å². The third-order valence-electron chi connectivity index (χ3n) is 2.65. The van der Waals surface area contributed by atoms with E-state index in [0.717, 1.165) is 9.13 Å². The first-order chi connectivity index (χ1) is 8.87. The summed E-state index contributed by atoms with van der Waals surface area (Å²) in [6.07, 6.45) is -1.30. The highest BCUT2D eigenvalue weighted by Crippen LogP contribution is 2.34. The quantitative estimate of drug-likeness (QED) is 0.772. The highest BCUT2D eigenvalue weighted by atomic mass is 127. The topological polar surface area (TPSA) is 87.9 Å². The first-order valence-electron chi connectivity index (χ1n) is 5.59. The molecule has 1 heterocycles. The maximum atomic E-state index is 10.8. The minimum atomic E-state index is -3.98. The van der Waals surface area contributed by atoms with Gasteiger partial charge in [-0.05, 0) is 41.1 Å². The van der Waals surface area contributed by atoms with Crippen molar-refractivity contribution in [1.82, 2.24) is 0 Å². The van der Waals surface area contributed by atoms with Crippen molar-refractivity contribution in [1.29, 1.82) is 0 Å². The predicted molar refractivity (Wildman–Crippen MR) is 76.4 cm³/mol. The summed E-state index contributed by atoms with van der Waals surface area (Å²) in [7, 11) is -3.98. The maximum Gasteiger partial charge on any atom is 0.333 e. The molecule has 1 fully saturated rings. The predicted octanol–water partition coefficient (Wildman–Crippen LogP) is 1.31. The monoisotopic (exact) mass is 399 g/mol. The number of halogens is 1. The molecule has 1 saturated heterocycles. The van der Waals surface area contributed by atoms with E-state index in [1.165, 1.54) is 0 Å². The summed E-state index contributed by atoms with van der Waals surface area (Å²) in [4.78, 5) is 0. The second-order valence-corrected chi connectivity index (χ2v) is 6.48. The second-order valence-electron chi connectivity index (χ2n) is 4.10. The average Bonchev–Trinajstić information content (AvgIpc) is 2.67. The van der Waals surface area contributed by atoms with Crippen LogP contribution < -0.4 is 5.14 Å². The summed E-state index contributed by atoms with van der Waals surface area (Å²) in [6.45, 7) is 1.58. The Balaban J connectivity index is 2.16. The average molecular weight is 399 g/mol. The molecule has 1 aliphatic rings. The van der Waals surface area contributed by atoms with Gasteiger partial charge in [-0.1, -0.05) is 18.2 Å². The van der Waals surface area contributed by atoms with Crippen molar-refractivity contribution in [3.63, 3.8) is 0 Å². The third kappa shape index (κ3) is 4.10. The number of benzene rings is 1. The van der Waals surface area contributed by atoms with Crippen molar-refractivity contribution in [2.45, 2.75) is 25.4 Å². The van der Waals surface area contributed by atoms with Gasteiger partial charge < -0.3 is 9.47 Å². The Kier molecular flexibility index (Phi) is 4.79. The summed E-state index contributed by atoms with van der Waals surface area (Å²) in [5.41, 5.74) is 0.940. The molecule has 0 aromatic heterocycles. The zero-order valence-electron chi connectivity index (χ0n) is 10.2. The first-order valence-corrected chi connectivity index (χ1v) is 8.14. The van der Waals surface area contributed by atoms with Crippen LogP contribution in [0.4, 0.5) is 0 Å². The molecule has 2 N–H and O–H groups in total. The molecule has 19 heavy (non-hydrogen) atoms. The van der Waals surface area contributed by atoms with Crippen LogP contribution in [0.5, 0.6) is 0 Å². The van der Waals surface area contributed by atoms with E-state index in [0.29, 0.717) is 0 Å². The Morgan fingerprint density at radius 1 is 1.37 bits per heavy atom. The Morgan fingerprint density at radius 2 is 2.05 bits per heavy atom. The molecule has 0 saturated carbocycles. The van der Waals surface area contributed by atoms with Crippen LogP contribution in [0, 0.1) is 3.57 Å². The third-order valence-corrected chi connectivity index (χ3v) is 4.10. The van der Waals surface area contributed by atoms with Crippen molar-refractivity contribution in [3.05, 3.63) is 33.4 Å². The number of rotatable bonds is 4. The molecule has 0 aliphatic carbocycles. The lowest BCUT2D eigenvalue weighted by Crippen LogP contribution is -2.27. The van der Waals surface area contributed by atoms with E-state index in [9.17, 15) is 8.42 Å². The molecule has 0 spiro atoms. The normalized spacial score (nSPS) is 27.6. The summed E-state index contributed by atoms with van der Waals surface area (Å²) in [6, 6.07) is 7.67. The maximum absolute atomic E-state index is 10.8. The van der Waals surface area contributed by atoms with Crippen molar-refractivity contribution < 1.29 is 22.1 Å². The van der Waals surface area contributed by atoms with Gasteiger partial charge in [-0.3, -0.25) is 4.18 Å². The van der Waals surface area contributed by atoms with Gasteiger partial charge in [0.25, 0.3) is 0 Å². The first kappa shape index (κ1) is 15.1. The number of hydrogen-bond acceptors (Lipinski definition) is 5. The molecular weight excluding hydrogens is 385 g/mol. The Bertz CT molecular complexity index is 550. The van der Waals surface area contributed by atoms with E-state index in [2.05, 4.69) is 26.8 Å². The largest absolute Gasteiger partial charge is 0.344 e. The molecule has 1 aromatic carbocycles. The number of nitrogens with two attached hydrogens (primary N) is 1. The Hall–Kier alpha value is -0.260. The standard InChI is InChI=1S/C11H14INO5S/c1-7-17-10(6-16-19(13,14)15)11(18-7)8-4-2-3-5-9(8)12/h2-5,7,10-11H,6H2,1H3,(H2,13,14,15)/t7?,10-,11-/m0/s1. The fourth-order valence-corrected chi connectivity index (χ4v) is 2.93. The van der Waals surface area contributed by atoms with Crippen molar-refractivity contribution in [3.8, 4) is 0 Å². The van der Waals surface area contributed by atoms with Crippen LogP contribution in [-0.4, -0.2) is 27.4 Å². The molecule has 0 amide bonds. The highest BCUT2D eigenvalue weighted by molar-refractivity contribution is 14.1. The minimum Gasteiger partial charge on any atom is -0.344 e. The van der Waals surface area contributed by atoms with Gasteiger partial charge in [0.2, 0.25) is 0 Å². The van der Waals surface area contributed by atoms with Crippen molar-refractivity contribution in [2.75, 3.05) is 6.61 Å². The van der Waals surface area contributed by atoms with E-state index >= 15 is 0 Å². The van der Waals surface area contributed by atoms with Gasteiger partial charge in [0.1, 0.15) is 12.2 Å². The Labute approximate surface area is 125 Å². The molecule has 1 aromatic rings. The number of hydrogen-bond donors (Lipinski definition) is 1. The van der Waals surface area contributed by atoms with Gasteiger partial charge in [0.15, 0.2) is 6.29 Å².